The summed E-state index contributed by atoms with van der Waals surface area (Å²) in [5, 5.41) is 2.70. The zero-order valence-electron chi connectivity index (χ0n) is 10.5. The van der Waals surface area contributed by atoms with Crippen molar-refractivity contribution in [3.63, 3.8) is 0 Å². The molecule has 0 radical (unpaired) electrons. The van der Waals surface area contributed by atoms with Gasteiger partial charge in [-0.1, -0.05) is 6.42 Å². The van der Waals surface area contributed by atoms with Gasteiger partial charge in [0, 0.05) is 18.2 Å². The monoisotopic (exact) mass is 254 g/mol. The van der Waals surface area contributed by atoms with E-state index < -0.39 is 5.82 Å². The van der Waals surface area contributed by atoms with Crippen molar-refractivity contribution in [3.05, 3.63) is 24.0 Å². The lowest BCUT2D eigenvalue weighted by atomic mass is 10.2. The van der Waals surface area contributed by atoms with E-state index >= 15 is 0 Å². The molecule has 0 aliphatic rings. The van der Waals surface area contributed by atoms with E-state index in [4.69, 9.17) is 10.5 Å². The molecule has 0 atom stereocenters. The number of halogens is 1. The Bertz CT molecular complexity index is 397. The molecule has 0 spiro atoms. The summed E-state index contributed by atoms with van der Waals surface area (Å²) in [6, 6.07) is 4.24. The third-order valence-electron chi connectivity index (χ3n) is 2.54. The molecule has 0 aromatic heterocycles. The van der Waals surface area contributed by atoms with Gasteiger partial charge >= 0.3 is 0 Å². The van der Waals surface area contributed by atoms with E-state index in [1.807, 2.05) is 0 Å². The zero-order chi connectivity index (χ0) is 13.4. The lowest BCUT2D eigenvalue weighted by Crippen LogP contribution is -2.11. The van der Waals surface area contributed by atoms with Gasteiger partial charge in [-0.05, 0) is 31.5 Å². The Balaban J connectivity index is 2.44. The number of ether oxygens (including phenoxy) is 1. The molecule has 100 valence electrons. The second-order valence-corrected chi connectivity index (χ2v) is 4.00. The van der Waals surface area contributed by atoms with Crippen LogP contribution in [0, 0.1) is 5.82 Å². The van der Waals surface area contributed by atoms with Gasteiger partial charge in [-0.15, -0.1) is 0 Å². The maximum Gasteiger partial charge on any atom is 0.224 e. The number of hydrogen-bond acceptors (Lipinski definition) is 3. The van der Waals surface area contributed by atoms with Crippen molar-refractivity contribution < 1.29 is 13.9 Å². The fourth-order valence-electron chi connectivity index (χ4n) is 1.57. The Morgan fingerprint density at radius 1 is 1.39 bits per heavy atom. The average Bonchev–Trinajstić information content (AvgIpc) is 2.37. The standard InChI is InChI=1S/C13H19FN2O2/c1-18-12-9-10(6-7-11(12)14)16-13(17)5-3-2-4-8-15/h6-7,9H,2-5,8,15H2,1H3,(H,16,17). The smallest absolute Gasteiger partial charge is 0.224 e. The highest BCUT2D eigenvalue weighted by Gasteiger charge is 2.06. The number of amides is 1. The van der Waals surface area contributed by atoms with E-state index in [0.29, 0.717) is 18.7 Å². The maximum atomic E-state index is 13.1. The predicted octanol–water partition coefficient (Wildman–Crippen LogP) is 2.29. The number of carbonyl (C=O) groups is 1. The lowest BCUT2D eigenvalue weighted by Gasteiger charge is -2.07. The first-order valence-electron chi connectivity index (χ1n) is 6.01. The van der Waals surface area contributed by atoms with Crippen LogP contribution in [0.3, 0.4) is 0 Å². The summed E-state index contributed by atoms with van der Waals surface area (Å²) in [7, 11) is 1.39. The normalized spacial score (nSPS) is 10.2. The van der Waals surface area contributed by atoms with Crippen molar-refractivity contribution in [3.8, 4) is 5.75 Å². The van der Waals surface area contributed by atoms with Gasteiger partial charge < -0.3 is 15.8 Å². The number of hydrogen-bond donors (Lipinski definition) is 2. The highest BCUT2D eigenvalue weighted by Crippen LogP contribution is 2.21. The summed E-state index contributed by atoms with van der Waals surface area (Å²) in [5.41, 5.74) is 5.90. The van der Waals surface area contributed by atoms with Crippen LogP contribution in [0.4, 0.5) is 10.1 Å². The maximum absolute atomic E-state index is 13.1. The number of unbranched alkanes of at least 4 members (excludes halogenated alkanes) is 2. The highest BCUT2D eigenvalue weighted by atomic mass is 19.1. The minimum atomic E-state index is -0.446. The van der Waals surface area contributed by atoms with E-state index in [1.54, 1.807) is 0 Å². The van der Waals surface area contributed by atoms with Crippen molar-refractivity contribution >= 4 is 11.6 Å². The molecule has 4 nitrogen and oxygen atoms in total. The second kappa shape index (κ2) is 7.66. The van der Waals surface area contributed by atoms with Crippen LogP contribution in [0.15, 0.2) is 18.2 Å². The van der Waals surface area contributed by atoms with Gasteiger partial charge in [0.15, 0.2) is 11.6 Å². The number of anilines is 1. The molecule has 0 saturated heterocycles. The molecular weight excluding hydrogens is 235 g/mol. The van der Waals surface area contributed by atoms with Crippen molar-refractivity contribution in [2.45, 2.75) is 25.7 Å². The van der Waals surface area contributed by atoms with Crippen molar-refractivity contribution in [2.75, 3.05) is 19.0 Å². The first kappa shape index (κ1) is 14.4. The molecule has 0 fully saturated rings. The van der Waals surface area contributed by atoms with Crippen LogP contribution < -0.4 is 15.8 Å². The summed E-state index contributed by atoms with van der Waals surface area (Å²) in [6.07, 6.45) is 3.12. The largest absolute Gasteiger partial charge is 0.494 e. The van der Waals surface area contributed by atoms with E-state index in [-0.39, 0.29) is 11.7 Å². The van der Waals surface area contributed by atoms with Crippen molar-refractivity contribution in [2.24, 2.45) is 5.73 Å². The van der Waals surface area contributed by atoms with Gasteiger partial charge in [-0.25, -0.2) is 4.39 Å². The van der Waals surface area contributed by atoms with Crippen LogP contribution in [0.5, 0.6) is 5.75 Å². The third-order valence-corrected chi connectivity index (χ3v) is 2.54. The van der Waals surface area contributed by atoms with Crippen molar-refractivity contribution in [1.82, 2.24) is 0 Å². The van der Waals surface area contributed by atoms with Gasteiger partial charge in [0.2, 0.25) is 5.91 Å². The summed E-state index contributed by atoms with van der Waals surface area (Å²) >= 11 is 0. The molecule has 1 amide bonds. The molecule has 0 aliphatic carbocycles. The predicted molar refractivity (Wildman–Crippen MR) is 69.1 cm³/mol. The van der Waals surface area contributed by atoms with E-state index in [1.165, 1.54) is 25.3 Å². The third kappa shape index (κ3) is 4.71. The molecular formula is C13H19FN2O2. The molecule has 0 saturated carbocycles. The summed E-state index contributed by atoms with van der Waals surface area (Å²) in [4.78, 5) is 11.6. The minimum absolute atomic E-state index is 0.0827. The number of methoxy groups -OCH3 is 1. The zero-order valence-corrected chi connectivity index (χ0v) is 10.5. The van der Waals surface area contributed by atoms with Gasteiger partial charge in [-0.2, -0.15) is 0 Å². The molecule has 1 aromatic rings. The van der Waals surface area contributed by atoms with Gasteiger partial charge in [0.25, 0.3) is 0 Å². The summed E-state index contributed by atoms with van der Waals surface area (Å²) in [5.74, 6) is -0.407. The molecule has 1 aromatic carbocycles. The Labute approximate surface area is 106 Å². The second-order valence-electron chi connectivity index (χ2n) is 4.00. The summed E-state index contributed by atoms with van der Waals surface area (Å²) in [6.45, 7) is 0.650. The van der Waals surface area contributed by atoms with Crippen LogP contribution in [0.1, 0.15) is 25.7 Å². The SMILES string of the molecule is COc1cc(NC(=O)CCCCCN)ccc1F. The van der Waals surface area contributed by atoms with Crippen LogP contribution in [-0.4, -0.2) is 19.6 Å². The van der Waals surface area contributed by atoms with Crippen LogP contribution >= 0.6 is 0 Å². The molecule has 18 heavy (non-hydrogen) atoms. The van der Waals surface area contributed by atoms with Gasteiger partial charge in [-0.3, -0.25) is 4.79 Å². The van der Waals surface area contributed by atoms with E-state index in [2.05, 4.69) is 5.32 Å². The molecule has 5 heteroatoms. The lowest BCUT2D eigenvalue weighted by molar-refractivity contribution is -0.116. The van der Waals surface area contributed by atoms with Crippen LogP contribution in [0.2, 0.25) is 0 Å². The minimum Gasteiger partial charge on any atom is -0.494 e. The Morgan fingerprint density at radius 3 is 2.83 bits per heavy atom. The van der Waals surface area contributed by atoms with Crippen LogP contribution in [-0.2, 0) is 4.79 Å². The van der Waals surface area contributed by atoms with Gasteiger partial charge in [0.05, 0.1) is 7.11 Å². The topological polar surface area (TPSA) is 64.3 Å². The quantitative estimate of drug-likeness (QED) is 0.734. The summed E-state index contributed by atoms with van der Waals surface area (Å²) < 4.78 is 18.0. The Hall–Kier alpha value is -1.62. The number of carbonyl (C=O) groups excluding carboxylic acids is 1. The number of nitrogens with two attached hydrogens (primary N) is 1. The highest BCUT2D eigenvalue weighted by molar-refractivity contribution is 5.90. The molecule has 0 heterocycles. The van der Waals surface area contributed by atoms with Crippen molar-refractivity contribution in [1.29, 1.82) is 0 Å². The van der Waals surface area contributed by atoms with E-state index in [0.717, 1.165) is 19.3 Å². The molecule has 0 aliphatic heterocycles. The molecule has 0 bridgehead atoms. The fourth-order valence-corrected chi connectivity index (χ4v) is 1.57. The Morgan fingerprint density at radius 2 is 2.17 bits per heavy atom. The number of nitrogens with one attached hydrogen (secondary N) is 1. The average molecular weight is 254 g/mol. The first-order chi connectivity index (χ1) is 8.67. The first-order valence-corrected chi connectivity index (χ1v) is 6.01. The molecule has 1 rings (SSSR count). The molecule has 3 N–H and O–H groups in total. The van der Waals surface area contributed by atoms with Gasteiger partial charge in [0.1, 0.15) is 0 Å². The fraction of sp³-hybridized carbons (Fsp3) is 0.462. The Kier molecular flexibility index (Phi) is 6.14. The molecule has 0 unspecified atom stereocenters. The number of rotatable bonds is 7. The number of benzene rings is 1. The van der Waals surface area contributed by atoms with Crippen LogP contribution in [0.25, 0.3) is 0 Å². The van der Waals surface area contributed by atoms with E-state index in [9.17, 15) is 9.18 Å².